The van der Waals surface area contributed by atoms with Gasteiger partial charge in [0.2, 0.25) is 0 Å². The van der Waals surface area contributed by atoms with Gasteiger partial charge in [-0.2, -0.15) is 0 Å². The number of benzene rings is 1. The van der Waals surface area contributed by atoms with E-state index in [-0.39, 0.29) is 11.2 Å². The molecule has 1 aromatic carbocycles. The number of carbonyl (C=O) groups excluding carboxylic acids is 1. The fourth-order valence-corrected chi connectivity index (χ4v) is 1.27. The molecule has 0 fully saturated rings. The molecule has 0 aliphatic rings. The van der Waals surface area contributed by atoms with Crippen molar-refractivity contribution in [3.05, 3.63) is 35.9 Å². The highest BCUT2D eigenvalue weighted by molar-refractivity contribution is 7.80. The molecule has 1 rings (SSSR count). The van der Waals surface area contributed by atoms with Gasteiger partial charge in [-0.15, -0.1) is 0 Å². The molecule has 0 atom stereocenters. The lowest BCUT2D eigenvalue weighted by Gasteiger charge is -2.19. The number of ketones is 1. The number of hydrogen-bond acceptors (Lipinski definition) is 2. The quantitative estimate of drug-likeness (QED) is 0.571. The van der Waals surface area contributed by atoms with E-state index in [2.05, 4.69) is 0 Å². The van der Waals surface area contributed by atoms with Crippen molar-refractivity contribution < 1.29 is 4.79 Å². The summed E-state index contributed by atoms with van der Waals surface area (Å²) < 4.78 is 0. The van der Waals surface area contributed by atoms with Crippen LogP contribution in [0.25, 0.3) is 0 Å². The van der Waals surface area contributed by atoms with Crippen LogP contribution >= 0.6 is 12.2 Å². The summed E-state index contributed by atoms with van der Waals surface area (Å²) in [6, 6.07) is 9.29. The van der Waals surface area contributed by atoms with Crippen LogP contribution in [0.3, 0.4) is 0 Å². The Hall–Kier alpha value is -1.02. The average molecular weight is 220 g/mol. The molecule has 0 aliphatic heterocycles. The molecule has 0 spiro atoms. The SMILES string of the molecule is CC(C)(C)C(=S)CC(=O)c1ccccc1. The number of rotatable bonds is 3. The van der Waals surface area contributed by atoms with Crippen molar-refractivity contribution in [1.29, 1.82) is 0 Å². The summed E-state index contributed by atoms with van der Waals surface area (Å²) in [7, 11) is 0. The Kier molecular flexibility index (Phi) is 3.75. The second-order valence-electron chi connectivity index (χ2n) is 4.64. The summed E-state index contributed by atoms with van der Waals surface area (Å²) in [6.45, 7) is 6.11. The van der Waals surface area contributed by atoms with Gasteiger partial charge >= 0.3 is 0 Å². The maximum Gasteiger partial charge on any atom is 0.167 e. The minimum absolute atomic E-state index is 0.0697. The van der Waals surface area contributed by atoms with Crippen LogP contribution < -0.4 is 0 Å². The Morgan fingerprint density at radius 3 is 2.20 bits per heavy atom. The molecule has 2 heteroatoms. The predicted octanol–water partition coefficient (Wildman–Crippen LogP) is 3.68. The minimum atomic E-state index is -0.0697. The average Bonchev–Trinajstić information content (AvgIpc) is 2.17. The van der Waals surface area contributed by atoms with E-state index in [4.69, 9.17) is 12.2 Å². The molecule has 0 radical (unpaired) electrons. The van der Waals surface area contributed by atoms with Crippen LogP contribution in [0.15, 0.2) is 30.3 Å². The second kappa shape index (κ2) is 4.67. The van der Waals surface area contributed by atoms with E-state index in [0.29, 0.717) is 6.42 Å². The molecule has 1 aromatic rings. The van der Waals surface area contributed by atoms with Gasteiger partial charge in [0.25, 0.3) is 0 Å². The van der Waals surface area contributed by atoms with E-state index in [1.807, 2.05) is 51.1 Å². The Morgan fingerprint density at radius 1 is 1.20 bits per heavy atom. The van der Waals surface area contributed by atoms with Crippen molar-refractivity contribution in [2.45, 2.75) is 27.2 Å². The van der Waals surface area contributed by atoms with E-state index in [1.54, 1.807) is 0 Å². The van der Waals surface area contributed by atoms with E-state index < -0.39 is 0 Å². The predicted molar refractivity (Wildman–Crippen MR) is 67.4 cm³/mol. The molecule has 0 saturated carbocycles. The number of thiocarbonyl (C=S) groups is 1. The van der Waals surface area contributed by atoms with Crippen molar-refractivity contribution in [2.24, 2.45) is 5.41 Å². The summed E-state index contributed by atoms with van der Waals surface area (Å²) in [5, 5.41) is 0. The molecule has 0 unspecified atom stereocenters. The molecule has 1 nitrogen and oxygen atoms in total. The van der Waals surface area contributed by atoms with Gasteiger partial charge < -0.3 is 0 Å². The van der Waals surface area contributed by atoms with Gasteiger partial charge in [0, 0.05) is 16.8 Å². The molecule has 0 amide bonds. The van der Waals surface area contributed by atoms with Gasteiger partial charge in [0.15, 0.2) is 5.78 Å². The lowest BCUT2D eigenvalue weighted by Crippen LogP contribution is -2.21. The number of carbonyl (C=O) groups is 1. The Labute approximate surface area is 96.5 Å². The summed E-state index contributed by atoms with van der Waals surface area (Å²) in [4.78, 5) is 12.6. The summed E-state index contributed by atoms with van der Waals surface area (Å²) >= 11 is 5.25. The largest absolute Gasteiger partial charge is 0.294 e. The minimum Gasteiger partial charge on any atom is -0.294 e. The van der Waals surface area contributed by atoms with E-state index >= 15 is 0 Å². The molecule has 0 bridgehead atoms. The van der Waals surface area contributed by atoms with Crippen LogP contribution in [0.2, 0.25) is 0 Å². The highest BCUT2D eigenvalue weighted by atomic mass is 32.1. The summed E-state index contributed by atoms with van der Waals surface area (Å²) in [5.41, 5.74) is 0.670. The van der Waals surface area contributed by atoms with Gasteiger partial charge in [-0.1, -0.05) is 63.3 Å². The zero-order valence-corrected chi connectivity index (χ0v) is 10.2. The standard InChI is InChI=1S/C13H16OS/c1-13(2,3)12(15)9-11(14)10-7-5-4-6-8-10/h4-8H,9H2,1-3H3. The topological polar surface area (TPSA) is 17.1 Å². The highest BCUT2D eigenvalue weighted by Crippen LogP contribution is 2.20. The monoisotopic (exact) mass is 220 g/mol. The van der Waals surface area contributed by atoms with Crippen LogP contribution in [0.5, 0.6) is 0 Å². The summed E-state index contributed by atoms with van der Waals surface area (Å²) in [6.07, 6.45) is 0.364. The fourth-order valence-electron chi connectivity index (χ4n) is 1.14. The van der Waals surface area contributed by atoms with Crippen molar-refractivity contribution in [2.75, 3.05) is 0 Å². The lowest BCUT2D eigenvalue weighted by molar-refractivity contribution is 0.0999. The first-order valence-corrected chi connectivity index (χ1v) is 5.43. The first kappa shape index (κ1) is 12.1. The Morgan fingerprint density at radius 2 is 1.73 bits per heavy atom. The van der Waals surface area contributed by atoms with Gasteiger partial charge in [-0.05, 0) is 5.41 Å². The third-order valence-electron chi connectivity index (χ3n) is 2.25. The third kappa shape index (κ3) is 3.56. The lowest BCUT2D eigenvalue weighted by atomic mass is 9.88. The van der Waals surface area contributed by atoms with Crippen molar-refractivity contribution in [3.8, 4) is 0 Å². The fraction of sp³-hybridized carbons (Fsp3) is 0.385. The zero-order chi connectivity index (χ0) is 11.5. The first-order chi connectivity index (χ1) is 6.91. The van der Waals surface area contributed by atoms with Crippen molar-refractivity contribution in [1.82, 2.24) is 0 Å². The normalized spacial score (nSPS) is 11.1. The van der Waals surface area contributed by atoms with Crippen molar-refractivity contribution in [3.63, 3.8) is 0 Å². The van der Waals surface area contributed by atoms with Gasteiger partial charge in [0.05, 0.1) is 0 Å². The van der Waals surface area contributed by atoms with Crippen LogP contribution in [-0.2, 0) is 0 Å². The molecule has 0 N–H and O–H groups in total. The van der Waals surface area contributed by atoms with Crippen LogP contribution in [0.1, 0.15) is 37.6 Å². The molecule has 0 aliphatic carbocycles. The zero-order valence-electron chi connectivity index (χ0n) is 9.41. The van der Waals surface area contributed by atoms with Crippen LogP contribution in [0.4, 0.5) is 0 Å². The smallest absolute Gasteiger partial charge is 0.167 e. The molecule has 0 aromatic heterocycles. The Balaban J connectivity index is 2.70. The molecule has 80 valence electrons. The number of Topliss-reactive ketones (excluding diaryl/α,β-unsaturated/α-hetero) is 1. The molecule has 15 heavy (non-hydrogen) atoms. The molecule has 0 heterocycles. The molecular weight excluding hydrogens is 204 g/mol. The van der Waals surface area contributed by atoms with Crippen LogP contribution in [0, 0.1) is 5.41 Å². The maximum absolute atomic E-state index is 11.8. The van der Waals surface area contributed by atoms with Gasteiger partial charge in [-0.25, -0.2) is 0 Å². The van der Waals surface area contributed by atoms with Crippen molar-refractivity contribution >= 4 is 22.9 Å². The van der Waals surface area contributed by atoms with Gasteiger partial charge in [-0.3, -0.25) is 4.79 Å². The molecular formula is C13H16OS. The maximum atomic E-state index is 11.8. The Bertz CT molecular complexity index is 360. The highest BCUT2D eigenvalue weighted by Gasteiger charge is 2.19. The second-order valence-corrected chi connectivity index (χ2v) is 5.13. The van der Waals surface area contributed by atoms with E-state index in [1.165, 1.54) is 0 Å². The summed E-state index contributed by atoms with van der Waals surface area (Å²) in [5.74, 6) is 0.107. The number of hydrogen-bond donors (Lipinski definition) is 0. The van der Waals surface area contributed by atoms with E-state index in [0.717, 1.165) is 10.4 Å². The third-order valence-corrected chi connectivity index (χ3v) is 3.01. The van der Waals surface area contributed by atoms with E-state index in [9.17, 15) is 4.79 Å². The van der Waals surface area contributed by atoms with Crippen LogP contribution in [-0.4, -0.2) is 10.6 Å². The first-order valence-electron chi connectivity index (χ1n) is 5.03. The van der Waals surface area contributed by atoms with Gasteiger partial charge in [0.1, 0.15) is 0 Å². The molecule has 0 saturated heterocycles.